The highest BCUT2D eigenvalue weighted by Gasteiger charge is 2.44. The quantitative estimate of drug-likeness (QED) is 0.537. The van der Waals surface area contributed by atoms with E-state index in [1.165, 1.54) is 0 Å². The first-order valence-corrected chi connectivity index (χ1v) is 7.87. The average molecular weight is 348 g/mol. The number of phenols is 1. The van der Waals surface area contributed by atoms with Crippen molar-refractivity contribution in [1.82, 2.24) is 0 Å². The molecule has 0 amide bonds. The van der Waals surface area contributed by atoms with Crippen LogP contribution in [0.3, 0.4) is 0 Å². The van der Waals surface area contributed by atoms with E-state index in [0.717, 1.165) is 5.56 Å². The van der Waals surface area contributed by atoms with Gasteiger partial charge in [-0.05, 0) is 23.8 Å². The summed E-state index contributed by atoms with van der Waals surface area (Å²) in [4.78, 5) is 0. The fourth-order valence-electron chi connectivity index (χ4n) is 2.73. The van der Waals surface area contributed by atoms with E-state index in [1.54, 1.807) is 42.5 Å². The molecule has 0 unspecified atom stereocenters. The van der Waals surface area contributed by atoms with Crippen molar-refractivity contribution in [3.05, 3.63) is 48.5 Å². The first-order valence-electron chi connectivity index (χ1n) is 7.87. The number of para-hydroxylation sites is 1. The molecule has 1 heterocycles. The van der Waals surface area contributed by atoms with Gasteiger partial charge in [-0.3, -0.25) is 0 Å². The van der Waals surface area contributed by atoms with Gasteiger partial charge in [0.25, 0.3) is 0 Å². The zero-order chi connectivity index (χ0) is 18.0. The predicted octanol–water partition coefficient (Wildman–Crippen LogP) is 0.238. The second-order valence-electron chi connectivity index (χ2n) is 5.86. The highest BCUT2D eigenvalue weighted by Crippen LogP contribution is 2.31. The summed E-state index contributed by atoms with van der Waals surface area (Å²) in [5.74, 6) is 0.522. The minimum atomic E-state index is -1.49. The number of hydrogen-bond donors (Lipinski definition) is 5. The van der Waals surface area contributed by atoms with Gasteiger partial charge >= 0.3 is 0 Å². The van der Waals surface area contributed by atoms with Crippen molar-refractivity contribution in [1.29, 1.82) is 0 Å². The second-order valence-corrected chi connectivity index (χ2v) is 5.86. The Balaban J connectivity index is 1.74. The van der Waals surface area contributed by atoms with E-state index >= 15 is 0 Å². The normalized spacial score (nSPS) is 29.4. The minimum Gasteiger partial charge on any atom is -0.507 e. The first-order chi connectivity index (χ1) is 12.0. The molecule has 0 saturated carbocycles. The summed E-state index contributed by atoms with van der Waals surface area (Å²) < 4.78 is 10.8. The highest BCUT2D eigenvalue weighted by atomic mass is 16.7. The number of benzene rings is 2. The van der Waals surface area contributed by atoms with Crippen LogP contribution in [0.25, 0.3) is 11.1 Å². The van der Waals surface area contributed by atoms with E-state index < -0.39 is 37.3 Å². The first kappa shape index (κ1) is 17.7. The van der Waals surface area contributed by atoms with Crippen LogP contribution in [0.1, 0.15) is 0 Å². The van der Waals surface area contributed by atoms with Gasteiger partial charge in [0.15, 0.2) is 0 Å². The molecular formula is C18H20O7. The van der Waals surface area contributed by atoms with E-state index in [2.05, 4.69) is 0 Å². The zero-order valence-electron chi connectivity index (χ0n) is 13.3. The van der Waals surface area contributed by atoms with Crippen LogP contribution in [-0.2, 0) is 4.74 Å². The molecule has 2 aromatic rings. The van der Waals surface area contributed by atoms with Crippen LogP contribution in [-0.4, -0.2) is 62.8 Å². The third-order valence-corrected chi connectivity index (χ3v) is 4.17. The summed E-state index contributed by atoms with van der Waals surface area (Å²) in [5.41, 5.74) is 1.45. The Morgan fingerprint density at radius 2 is 1.56 bits per heavy atom. The molecule has 0 bridgehead atoms. The third kappa shape index (κ3) is 3.60. The van der Waals surface area contributed by atoms with Crippen molar-refractivity contribution >= 4 is 0 Å². The van der Waals surface area contributed by atoms with Gasteiger partial charge in [0, 0.05) is 5.56 Å². The van der Waals surface area contributed by atoms with Crippen LogP contribution in [0.4, 0.5) is 0 Å². The molecule has 1 aliphatic rings. The highest BCUT2D eigenvalue weighted by molar-refractivity contribution is 5.70. The lowest BCUT2D eigenvalue weighted by Gasteiger charge is -2.39. The standard InChI is InChI=1S/C18H20O7/c19-9-14-15(21)16(22)17(23)18(25-14)24-11-7-5-10(6-8-11)12-3-1-2-4-13(12)20/h1-8,14-23H,9H2/t14-,15-,16+,17+,18+/m1/s1. The van der Waals surface area contributed by atoms with Crippen LogP contribution in [0.2, 0.25) is 0 Å². The fourth-order valence-corrected chi connectivity index (χ4v) is 2.73. The molecule has 0 radical (unpaired) electrons. The van der Waals surface area contributed by atoms with Crippen LogP contribution in [0.15, 0.2) is 48.5 Å². The molecule has 0 aromatic heterocycles. The van der Waals surface area contributed by atoms with Crippen LogP contribution >= 0.6 is 0 Å². The van der Waals surface area contributed by atoms with E-state index in [9.17, 15) is 25.5 Å². The molecule has 25 heavy (non-hydrogen) atoms. The largest absolute Gasteiger partial charge is 0.507 e. The average Bonchev–Trinajstić information content (AvgIpc) is 2.63. The summed E-state index contributed by atoms with van der Waals surface area (Å²) >= 11 is 0. The molecule has 0 spiro atoms. The molecule has 5 N–H and O–H groups in total. The van der Waals surface area contributed by atoms with Gasteiger partial charge in [-0.15, -0.1) is 0 Å². The second kappa shape index (κ2) is 7.38. The van der Waals surface area contributed by atoms with Crippen molar-refractivity contribution in [2.24, 2.45) is 0 Å². The lowest BCUT2D eigenvalue weighted by atomic mass is 9.99. The summed E-state index contributed by atoms with van der Waals surface area (Å²) in [6, 6.07) is 13.6. The number of aromatic hydroxyl groups is 1. The molecule has 1 fully saturated rings. The van der Waals surface area contributed by atoms with Gasteiger partial charge in [-0.25, -0.2) is 0 Å². The number of phenolic OH excluding ortho intramolecular Hbond substituents is 1. The van der Waals surface area contributed by atoms with Crippen LogP contribution in [0.5, 0.6) is 11.5 Å². The van der Waals surface area contributed by atoms with Gasteiger partial charge in [0.05, 0.1) is 6.61 Å². The predicted molar refractivity (Wildman–Crippen MR) is 87.9 cm³/mol. The number of hydrogen-bond acceptors (Lipinski definition) is 7. The fraction of sp³-hybridized carbons (Fsp3) is 0.333. The zero-order valence-corrected chi connectivity index (χ0v) is 13.3. The lowest BCUT2D eigenvalue weighted by Crippen LogP contribution is -2.60. The molecule has 134 valence electrons. The Bertz CT molecular complexity index is 701. The van der Waals surface area contributed by atoms with Gasteiger partial charge in [0.2, 0.25) is 6.29 Å². The summed E-state index contributed by atoms with van der Waals surface area (Å²) in [7, 11) is 0. The van der Waals surface area contributed by atoms with Crippen LogP contribution in [0, 0.1) is 0 Å². The van der Waals surface area contributed by atoms with E-state index in [0.29, 0.717) is 11.3 Å². The van der Waals surface area contributed by atoms with Crippen molar-refractivity contribution < 1.29 is 35.0 Å². The molecular weight excluding hydrogens is 328 g/mol. The lowest BCUT2D eigenvalue weighted by molar-refractivity contribution is -0.277. The molecule has 0 aliphatic carbocycles. The van der Waals surface area contributed by atoms with Gasteiger partial charge in [-0.2, -0.15) is 0 Å². The number of aliphatic hydroxyl groups is 4. The summed E-state index contributed by atoms with van der Waals surface area (Å²) in [5, 5.41) is 48.6. The van der Waals surface area contributed by atoms with E-state index in [4.69, 9.17) is 9.47 Å². The maximum atomic E-state index is 9.98. The SMILES string of the molecule is OC[C@H]1O[C@H](Oc2ccc(-c3ccccc3O)cc2)[C@@H](O)[C@@H](O)[C@@H]1O. The number of ether oxygens (including phenoxy) is 2. The van der Waals surface area contributed by atoms with Gasteiger partial charge in [0.1, 0.15) is 35.9 Å². The number of aliphatic hydroxyl groups excluding tert-OH is 4. The molecule has 2 aromatic carbocycles. The Hall–Kier alpha value is -2.16. The minimum absolute atomic E-state index is 0.158. The van der Waals surface area contributed by atoms with Crippen molar-refractivity contribution in [2.45, 2.75) is 30.7 Å². The summed E-state index contributed by atoms with van der Waals surface area (Å²) in [6.45, 7) is -0.517. The smallest absolute Gasteiger partial charge is 0.229 e. The Labute approximate surface area is 144 Å². The van der Waals surface area contributed by atoms with E-state index in [-0.39, 0.29) is 5.75 Å². The van der Waals surface area contributed by atoms with Crippen LogP contribution < -0.4 is 4.74 Å². The summed E-state index contributed by atoms with van der Waals surface area (Å²) in [6.07, 6.45) is -6.63. The molecule has 7 heteroatoms. The van der Waals surface area contributed by atoms with Gasteiger partial charge in [-0.1, -0.05) is 30.3 Å². The van der Waals surface area contributed by atoms with Gasteiger partial charge < -0.3 is 35.0 Å². The Kier molecular flexibility index (Phi) is 5.22. The Morgan fingerprint density at radius 1 is 0.880 bits per heavy atom. The monoisotopic (exact) mass is 348 g/mol. The topological polar surface area (TPSA) is 120 Å². The molecule has 5 atom stereocenters. The van der Waals surface area contributed by atoms with Crippen molar-refractivity contribution in [3.8, 4) is 22.6 Å². The molecule has 3 rings (SSSR count). The number of rotatable bonds is 4. The maximum Gasteiger partial charge on any atom is 0.229 e. The van der Waals surface area contributed by atoms with E-state index in [1.807, 2.05) is 6.07 Å². The third-order valence-electron chi connectivity index (χ3n) is 4.17. The molecule has 1 saturated heterocycles. The Morgan fingerprint density at radius 3 is 2.20 bits per heavy atom. The van der Waals surface area contributed by atoms with Crippen molar-refractivity contribution in [2.75, 3.05) is 6.61 Å². The maximum absolute atomic E-state index is 9.98. The molecule has 1 aliphatic heterocycles. The van der Waals surface area contributed by atoms with Crippen molar-refractivity contribution in [3.63, 3.8) is 0 Å². The molecule has 7 nitrogen and oxygen atoms in total.